The van der Waals surface area contributed by atoms with Gasteiger partial charge in [-0.2, -0.15) is 9.97 Å². The predicted molar refractivity (Wildman–Crippen MR) is 92.5 cm³/mol. The summed E-state index contributed by atoms with van der Waals surface area (Å²) in [6, 6.07) is 10.2. The third-order valence-electron chi connectivity index (χ3n) is 4.33. The lowest BCUT2D eigenvalue weighted by Gasteiger charge is -2.18. The molecule has 7 nitrogen and oxygen atoms in total. The summed E-state index contributed by atoms with van der Waals surface area (Å²) < 4.78 is 5.88. The molecule has 0 spiro atoms. The van der Waals surface area contributed by atoms with E-state index in [-0.39, 0.29) is 5.95 Å². The van der Waals surface area contributed by atoms with Gasteiger partial charge in [0.1, 0.15) is 5.52 Å². The number of rotatable bonds is 5. The van der Waals surface area contributed by atoms with Crippen molar-refractivity contribution in [2.45, 2.75) is 13.0 Å². The lowest BCUT2D eigenvalue weighted by Crippen LogP contribution is -2.23. The normalized spacial score (nSPS) is 17.7. The molecule has 0 radical (unpaired) electrons. The first-order chi connectivity index (χ1) is 11.8. The molecule has 124 valence electrons. The number of anilines is 2. The van der Waals surface area contributed by atoms with Crippen molar-refractivity contribution in [2.24, 2.45) is 5.92 Å². The van der Waals surface area contributed by atoms with Gasteiger partial charge in [0.25, 0.3) is 0 Å². The van der Waals surface area contributed by atoms with Crippen molar-refractivity contribution in [3.8, 4) is 0 Å². The van der Waals surface area contributed by atoms with Crippen LogP contribution in [0.3, 0.4) is 0 Å². The van der Waals surface area contributed by atoms with Gasteiger partial charge < -0.3 is 20.4 Å². The van der Waals surface area contributed by atoms with Crippen LogP contribution >= 0.6 is 0 Å². The lowest BCUT2D eigenvalue weighted by atomic mass is 10.1. The van der Waals surface area contributed by atoms with Gasteiger partial charge in [0, 0.05) is 19.0 Å². The fourth-order valence-corrected chi connectivity index (χ4v) is 3.14. The Balaban J connectivity index is 1.38. The number of hydrogen-bond donors (Lipinski definition) is 2. The van der Waals surface area contributed by atoms with E-state index in [0.717, 1.165) is 37.5 Å². The second kappa shape index (κ2) is 6.45. The minimum atomic E-state index is 0.258. The average Bonchev–Trinajstić information content (AvgIpc) is 3.24. The van der Waals surface area contributed by atoms with Gasteiger partial charge in [-0.3, -0.25) is 0 Å². The molecule has 0 bridgehead atoms. The number of nitrogen functional groups attached to an aromatic ring is 1. The number of nitrogens with two attached hydrogens (primary N) is 1. The van der Waals surface area contributed by atoms with Gasteiger partial charge in [-0.25, -0.2) is 4.98 Å². The molecule has 7 heteroatoms. The number of hydrogen-bond acceptors (Lipinski definition) is 6. The number of H-pyrrole nitrogens is 1. The second-order valence-electron chi connectivity index (χ2n) is 6.11. The molecule has 24 heavy (non-hydrogen) atoms. The van der Waals surface area contributed by atoms with Crippen LogP contribution in [0.1, 0.15) is 12.0 Å². The van der Waals surface area contributed by atoms with E-state index in [1.807, 2.05) is 18.2 Å². The summed E-state index contributed by atoms with van der Waals surface area (Å²) in [5.74, 6) is 1.58. The van der Waals surface area contributed by atoms with Crippen LogP contribution in [-0.4, -0.2) is 39.6 Å². The molecule has 1 fully saturated rings. The molecule has 3 N–H and O–H groups in total. The zero-order valence-electron chi connectivity index (χ0n) is 13.4. The molecule has 1 aliphatic heterocycles. The summed E-state index contributed by atoms with van der Waals surface area (Å²) in [5.41, 5.74) is 8.46. The fourth-order valence-electron chi connectivity index (χ4n) is 3.14. The number of nitrogens with zero attached hydrogens (tertiary/aromatic N) is 4. The molecule has 1 atom stereocenters. The smallest absolute Gasteiger partial charge is 0.224 e. The Labute approximate surface area is 139 Å². The van der Waals surface area contributed by atoms with E-state index < -0.39 is 0 Å². The van der Waals surface area contributed by atoms with Crippen LogP contribution in [0.2, 0.25) is 0 Å². The van der Waals surface area contributed by atoms with Crippen LogP contribution in [-0.2, 0) is 11.3 Å². The van der Waals surface area contributed by atoms with Crippen LogP contribution in [0, 0.1) is 5.92 Å². The second-order valence-corrected chi connectivity index (χ2v) is 6.11. The first kappa shape index (κ1) is 14.9. The number of nitrogens with one attached hydrogen (secondary N) is 1. The lowest BCUT2D eigenvalue weighted by molar-refractivity contribution is 0.0929. The molecule has 1 saturated heterocycles. The molecule has 3 heterocycles. The maximum absolute atomic E-state index is 5.88. The number of benzene rings is 1. The highest BCUT2D eigenvalue weighted by Crippen LogP contribution is 2.27. The molecule has 2 aromatic heterocycles. The molecule has 0 unspecified atom stereocenters. The van der Waals surface area contributed by atoms with E-state index in [1.54, 1.807) is 6.33 Å². The SMILES string of the molecule is Nc1nc(N2CC[C@H](COCc3ccccc3)C2)c2[nH]cnc2n1. The van der Waals surface area contributed by atoms with Crippen LogP contribution in [0.4, 0.5) is 11.8 Å². The van der Waals surface area contributed by atoms with Gasteiger partial charge in [-0.1, -0.05) is 30.3 Å². The number of ether oxygens (including phenoxy) is 1. The maximum atomic E-state index is 5.88. The quantitative estimate of drug-likeness (QED) is 0.745. The van der Waals surface area contributed by atoms with Gasteiger partial charge in [0.15, 0.2) is 11.5 Å². The fraction of sp³-hybridized carbons (Fsp3) is 0.353. The number of imidazole rings is 1. The van der Waals surface area contributed by atoms with Crippen LogP contribution < -0.4 is 10.6 Å². The first-order valence-corrected chi connectivity index (χ1v) is 8.13. The Kier molecular flexibility index (Phi) is 4.00. The molecule has 0 aliphatic carbocycles. The van der Waals surface area contributed by atoms with E-state index in [9.17, 15) is 0 Å². The van der Waals surface area contributed by atoms with E-state index in [4.69, 9.17) is 10.5 Å². The summed E-state index contributed by atoms with van der Waals surface area (Å²) in [5, 5.41) is 0. The summed E-state index contributed by atoms with van der Waals surface area (Å²) in [6.45, 7) is 3.24. The maximum Gasteiger partial charge on any atom is 0.224 e. The molecule has 1 aromatic carbocycles. The van der Waals surface area contributed by atoms with E-state index in [1.165, 1.54) is 5.56 Å². The Morgan fingerprint density at radius 2 is 2.12 bits per heavy atom. The molecule has 3 aromatic rings. The minimum absolute atomic E-state index is 0.258. The van der Waals surface area contributed by atoms with Crippen LogP contribution in [0.5, 0.6) is 0 Å². The third kappa shape index (κ3) is 3.03. The van der Waals surface area contributed by atoms with E-state index in [0.29, 0.717) is 18.2 Å². The van der Waals surface area contributed by atoms with Crippen molar-refractivity contribution in [1.29, 1.82) is 0 Å². The molecular weight excluding hydrogens is 304 g/mol. The Bertz CT molecular complexity index is 818. The highest BCUT2D eigenvalue weighted by atomic mass is 16.5. The topological polar surface area (TPSA) is 92.9 Å². The Morgan fingerprint density at radius 1 is 1.25 bits per heavy atom. The summed E-state index contributed by atoms with van der Waals surface area (Å²) >= 11 is 0. The zero-order chi connectivity index (χ0) is 16.4. The van der Waals surface area contributed by atoms with Crippen LogP contribution in [0.25, 0.3) is 11.2 Å². The van der Waals surface area contributed by atoms with Crippen LogP contribution in [0.15, 0.2) is 36.7 Å². The Morgan fingerprint density at radius 3 is 3.00 bits per heavy atom. The largest absolute Gasteiger partial charge is 0.376 e. The van der Waals surface area contributed by atoms with E-state index >= 15 is 0 Å². The number of aromatic amines is 1. The predicted octanol–water partition coefficient (Wildman–Crippen LogP) is 1.98. The molecule has 0 saturated carbocycles. The monoisotopic (exact) mass is 324 g/mol. The summed E-state index contributed by atoms with van der Waals surface area (Å²) in [7, 11) is 0. The van der Waals surface area contributed by atoms with Crippen molar-refractivity contribution < 1.29 is 4.74 Å². The highest BCUT2D eigenvalue weighted by molar-refractivity contribution is 5.84. The van der Waals surface area contributed by atoms with Crippen molar-refractivity contribution in [3.05, 3.63) is 42.2 Å². The van der Waals surface area contributed by atoms with Gasteiger partial charge in [0.05, 0.1) is 19.5 Å². The van der Waals surface area contributed by atoms with Crippen molar-refractivity contribution >= 4 is 22.9 Å². The molecule has 1 aliphatic rings. The molecule has 4 rings (SSSR count). The average molecular weight is 324 g/mol. The highest BCUT2D eigenvalue weighted by Gasteiger charge is 2.26. The van der Waals surface area contributed by atoms with Crippen molar-refractivity contribution in [3.63, 3.8) is 0 Å². The standard InChI is InChI=1S/C17H20N6O/c18-17-21-15-14(19-11-20-15)16(22-17)23-7-6-13(8-23)10-24-9-12-4-2-1-3-5-12/h1-5,11,13H,6-10H2,(H3,18,19,20,21,22)/t13-/m0/s1. The van der Waals surface area contributed by atoms with Gasteiger partial charge in [0.2, 0.25) is 5.95 Å². The minimum Gasteiger partial charge on any atom is -0.376 e. The zero-order valence-corrected chi connectivity index (χ0v) is 13.4. The molecular formula is C17H20N6O. The van der Waals surface area contributed by atoms with E-state index in [2.05, 4.69) is 37.0 Å². The molecule has 0 amide bonds. The van der Waals surface area contributed by atoms with Gasteiger partial charge in [-0.05, 0) is 12.0 Å². The Hall–Kier alpha value is -2.67. The first-order valence-electron chi connectivity index (χ1n) is 8.13. The third-order valence-corrected chi connectivity index (χ3v) is 4.33. The van der Waals surface area contributed by atoms with Gasteiger partial charge in [-0.15, -0.1) is 0 Å². The van der Waals surface area contributed by atoms with Crippen molar-refractivity contribution in [2.75, 3.05) is 30.3 Å². The summed E-state index contributed by atoms with van der Waals surface area (Å²) in [4.78, 5) is 18.1. The summed E-state index contributed by atoms with van der Waals surface area (Å²) in [6.07, 6.45) is 2.70. The van der Waals surface area contributed by atoms with Gasteiger partial charge >= 0.3 is 0 Å². The number of fused-ring (bicyclic) bond motifs is 1. The number of aromatic nitrogens is 4. The van der Waals surface area contributed by atoms with Crippen molar-refractivity contribution in [1.82, 2.24) is 19.9 Å².